The van der Waals surface area contributed by atoms with Gasteiger partial charge in [0.05, 0.1) is 12.0 Å². The SMILES string of the molecule is O=C(c1ccncc1)c1ccc(NCC(O)CCl)cc1. The van der Waals surface area contributed by atoms with Crippen molar-refractivity contribution in [2.75, 3.05) is 17.7 Å². The molecule has 0 amide bonds. The highest BCUT2D eigenvalue weighted by molar-refractivity contribution is 6.18. The van der Waals surface area contributed by atoms with Crippen LogP contribution in [-0.4, -0.2) is 34.4 Å². The smallest absolute Gasteiger partial charge is 0.193 e. The number of aliphatic hydroxyl groups excluding tert-OH is 1. The Labute approximate surface area is 122 Å². The number of benzene rings is 1. The van der Waals surface area contributed by atoms with Gasteiger partial charge in [0.1, 0.15) is 0 Å². The number of hydrogen-bond acceptors (Lipinski definition) is 4. The van der Waals surface area contributed by atoms with Gasteiger partial charge in [-0.1, -0.05) is 0 Å². The number of pyridine rings is 1. The highest BCUT2D eigenvalue weighted by Gasteiger charge is 2.08. The van der Waals surface area contributed by atoms with Gasteiger partial charge in [-0.3, -0.25) is 9.78 Å². The third kappa shape index (κ3) is 3.79. The van der Waals surface area contributed by atoms with Crippen LogP contribution in [0, 0.1) is 0 Å². The van der Waals surface area contributed by atoms with Crippen molar-refractivity contribution in [2.24, 2.45) is 0 Å². The predicted octanol–water partition coefficient (Wildman–Crippen LogP) is 2.32. The fourth-order valence-electron chi connectivity index (χ4n) is 1.70. The summed E-state index contributed by atoms with van der Waals surface area (Å²) in [5.74, 6) is 0.144. The molecule has 1 unspecified atom stereocenters. The molecule has 2 aromatic rings. The average molecular weight is 291 g/mol. The zero-order valence-electron chi connectivity index (χ0n) is 10.8. The topological polar surface area (TPSA) is 62.2 Å². The van der Waals surface area contributed by atoms with Crippen LogP contribution in [0.3, 0.4) is 0 Å². The van der Waals surface area contributed by atoms with Gasteiger partial charge in [-0.25, -0.2) is 0 Å². The fraction of sp³-hybridized carbons (Fsp3) is 0.200. The van der Waals surface area contributed by atoms with Gasteiger partial charge in [-0.05, 0) is 36.4 Å². The normalized spacial score (nSPS) is 11.9. The number of aromatic nitrogens is 1. The van der Waals surface area contributed by atoms with E-state index in [-0.39, 0.29) is 11.7 Å². The van der Waals surface area contributed by atoms with Crippen LogP contribution in [0.25, 0.3) is 0 Å². The molecule has 0 aliphatic heterocycles. The van der Waals surface area contributed by atoms with Crippen molar-refractivity contribution in [3.63, 3.8) is 0 Å². The molecule has 2 N–H and O–H groups in total. The molecule has 20 heavy (non-hydrogen) atoms. The minimum absolute atomic E-state index is 0.0419. The number of rotatable bonds is 6. The monoisotopic (exact) mass is 290 g/mol. The molecule has 0 aliphatic rings. The Morgan fingerprint density at radius 1 is 1.15 bits per heavy atom. The van der Waals surface area contributed by atoms with E-state index in [2.05, 4.69) is 10.3 Å². The largest absolute Gasteiger partial charge is 0.390 e. The van der Waals surface area contributed by atoms with Crippen molar-refractivity contribution in [3.05, 3.63) is 59.9 Å². The molecule has 5 heteroatoms. The van der Waals surface area contributed by atoms with E-state index in [4.69, 9.17) is 11.6 Å². The van der Waals surface area contributed by atoms with Gasteiger partial charge in [0.15, 0.2) is 5.78 Å². The van der Waals surface area contributed by atoms with Crippen molar-refractivity contribution in [3.8, 4) is 0 Å². The van der Waals surface area contributed by atoms with Gasteiger partial charge in [0.2, 0.25) is 0 Å². The molecule has 0 spiro atoms. The summed E-state index contributed by atoms with van der Waals surface area (Å²) in [6, 6.07) is 10.5. The lowest BCUT2D eigenvalue weighted by atomic mass is 10.0. The highest BCUT2D eigenvalue weighted by Crippen LogP contribution is 2.13. The van der Waals surface area contributed by atoms with E-state index in [0.717, 1.165) is 5.69 Å². The first-order chi connectivity index (χ1) is 9.70. The van der Waals surface area contributed by atoms with Gasteiger partial charge in [0.25, 0.3) is 0 Å². The molecule has 104 valence electrons. The molecule has 4 nitrogen and oxygen atoms in total. The summed E-state index contributed by atoms with van der Waals surface area (Å²) in [6.45, 7) is 0.376. The van der Waals surface area contributed by atoms with Crippen LogP contribution in [0.5, 0.6) is 0 Å². The Balaban J connectivity index is 2.03. The number of aliphatic hydroxyl groups is 1. The summed E-state index contributed by atoms with van der Waals surface area (Å²) in [7, 11) is 0. The van der Waals surface area contributed by atoms with Gasteiger partial charge in [-0.2, -0.15) is 0 Å². The van der Waals surface area contributed by atoms with E-state index < -0.39 is 6.10 Å². The molecule has 0 saturated heterocycles. The number of nitrogens with one attached hydrogen (secondary N) is 1. The molecule has 0 radical (unpaired) electrons. The summed E-state index contributed by atoms with van der Waals surface area (Å²) in [6.07, 6.45) is 2.60. The van der Waals surface area contributed by atoms with E-state index >= 15 is 0 Å². The minimum Gasteiger partial charge on any atom is -0.390 e. The van der Waals surface area contributed by atoms with Crippen molar-refractivity contribution >= 4 is 23.1 Å². The Kier molecular flexibility index (Phi) is 5.09. The maximum Gasteiger partial charge on any atom is 0.193 e. The highest BCUT2D eigenvalue weighted by atomic mass is 35.5. The zero-order chi connectivity index (χ0) is 14.4. The molecule has 2 rings (SSSR count). The van der Waals surface area contributed by atoms with Crippen molar-refractivity contribution in [2.45, 2.75) is 6.10 Å². The quantitative estimate of drug-likeness (QED) is 0.633. The number of hydrogen-bond donors (Lipinski definition) is 2. The third-order valence-corrected chi connectivity index (χ3v) is 3.17. The van der Waals surface area contributed by atoms with Crippen LogP contribution >= 0.6 is 11.6 Å². The lowest BCUT2D eigenvalue weighted by molar-refractivity contribution is 0.103. The van der Waals surface area contributed by atoms with Crippen molar-refractivity contribution in [1.82, 2.24) is 4.98 Å². The first-order valence-corrected chi connectivity index (χ1v) is 6.77. The molecule has 1 aromatic heterocycles. The zero-order valence-corrected chi connectivity index (χ0v) is 11.5. The standard InChI is InChI=1S/C15H15ClN2O2/c16-9-14(19)10-18-13-3-1-11(2-4-13)15(20)12-5-7-17-8-6-12/h1-8,14,18-19H,9-10H2. The third-order valence-electron chi connectivity index (χ3n) is 2.81. The van der Waals surface area contributed by atoms with Gasteiger partial charge in [-0.15, -0.1) is 11.6 Å². The van der Waals surface area contributed by atoms with Gasteiger partial charge in [0, 0.05) is 35.8 Å². The lowest BCUT2D eigenvalue weighted by Crippen LogP contribution is -2.20. The molecule has 0 saturated carbocycles. The van der Waals surface area contributed by atoms with Gasteiger partial charge >= 0.3 is 0 Å². The number of carbonyl (C=O) groups is 1. The molecule has 1 atom stereocenters. The molecular weight excluding hydrogens is 276 g/mol. The van der Waals surface area contributed by atoms with Crippen LogP contribution in [0.2, 0.25) is 0 Å². The fourth-order valence-corrected chi connectivity index (χ4v) is 1.81. The van der Waals surface area contributed by atoms with E-state index in [0.29, 0.717) is 17.7 Å². The number of halogens is 1. The average Bonchev–Trinajstić information content (AvgIpc) is 2.53. The summed E-state index contributed by atoms with van der Waals surface area (Å²) in [5.41, 5.74) is 2.05. The van der Waals surface area contributed by atoms with Crippen LogP contribution in [-0.2, 0) is 0 Å². The first-order valence-electron chi connectivity index (χ1n) is 6.23. The van der Waals surface area contributed by atoms with Crippen LogP contribution in [0.15, 0.2) is 48.8 Å². The summed E-state index contributed by atoms with van der Waals surface area (Å²) in [5, 5.41) is 12.4. The van der Waals surface area contributed by atoms with Crippen LogP contribution < -0.4 is 5.32 Å². The molecule has 0 fully saturated rings. The number of carbonyl (C=O) groups excluding carboxylic acids is 1. The Bertz CT molecular complexity index is 558. The summed E-state index contributed by atoms with van der Waals surface area (Å²) >= 11 is 5.51. The maximum atomic E-state index is 12.2. The predicted molar refractivity (Wildman–Crippen MR) is 79.3 cm³/mol. The molecule has 1 aromatic carbocycles. The molecular formula is C15H15ClN2O2. The molecule has 0 bridgehead atoms. The second kappa shape index (κ2) is 7.03. The second-order valence-corrected chi connectivity index (χ2v) is 4.64. The van der Waals surface area contributed by atoms with Crippen LogP contribution in [0.1, 0.15) is 15.9 Å². The van der Waals surface area contributed by atoms with Crippen molar-refractivity contribution < 1.29 is 9.90 Å². The Hall–Kier alpha value is -1.91. The van der Waals surface area contributed by atoms with E-state index in [9.17, 15) is 9.90 Å². The molecule has 1 heterocycles. The lowest BCUT2D eigenvalue weighted by Gasteiger charge is -2.10. The summed E-state index contributed by atoms with van der Waals surface area (Å²) < 4.78 is 0. The minimum atomic E-state index is -0.588. The Morgan fingerprint density at radius 2 is 1.75 bits per heavy atom. The first kappa shape index (κ1) is 14.5. The Morgan fingerprint density at radius 3 is 2.35 bits per heavy atom. The number of nitrogens with zero attached hydrogens (tertiary/aromatic N) is 1. The van der Waals surface area contributed by atoms with E-state index in [1.807, 2.05) is 0 Å². The number of anilines is 1. The van der Waals surface area contributed by atoms with E-state index in [1.54, 1.807) is 48.8 Å². The van der Waals surface area contributed by atoms with Crippen molar-refractivity contribution in [1.29, 1.82) is 0 Å². The number of ketones is 1. The second-order valence-electron chi connectivity index (χ2n) is 4.33. The van der Waals surface area contributed by atoms with E-state index in [1.165, 1.54) is 0 Å². The van der Waals surface area contributed by atoms with Gasteiger partial charge < -0.3 is 10.4 Å². The molecule has 0 aliphatic carbocycles. The maximum absolute atomic E-state index is 12.2. The number of alkyl halides is 1. The van der Waals surface area contributed by atoms with Crippen LogP contribution in [0.4, 0.5) is 5.69 Å². The summed E-state index contributed by atoms with van der Waals surface area (Å²) in [4.78, 5) is 16.1.